The number of aryl methyl sites for hydroxylation is 3. The smallest absolute Gasteiger partial charge is 0.259 e. The fourth-order valence-electron chi connectivity index (χ4n) is 5.48. The Balaban J connectivity index is 1.19. The standard InChI is InChI=1S/C28H32N6O3/c1-17-4-6-20(7-5-17)14-23-18(2)30-26-24(15-29-34(26)19(23)3)28(35)33-11-8-22(16-33)27-31-25(32-37-27)21-9-12-36-13-10-21/h4-7,15,21-22H,8-14,16H2,1-3H3. The van der Waals surface area contributed by atoms with Crippen molar-refractivity contribution in [2.45, 2.75) is 58.3 Å². The van der Waals surface area contributed by atoms with E-state index in [4.69, 9.17) is 19.2 Å². The van der Waals surface area contributed by atoms with Crippen molar-refractivity contribution in [1.29, 1.82) is 0 Å². The Hall–Kier alpha value is -3.59. The molecule has 1 aromatic carbocycles. The van der Waals surface area contributed by atoms with Gasteiger partial charge in [-0.1, -0.05) is 35.0 Å². The van der Waals surface area contributed by atoms with Gasteiger partial charge in [0.2, 0.25) is 5.89 Å². The molecular formula is C28H32N6O3. The number of amides is 1. The summed E-state index contributed by atoms with van der Waals surface area (Å²) in [7, 11) is 0. The Kier molecular flexibility index (Phi) is 6.24. The van der Waals surface area contributed by atoms with Gasteiger partial charge in [0.15, 0.2) is 11.5 Å². The molecule has 2 saturated heterocycles. The lowest BCUT2D eigenvalue weighted by Crippen LogP contribution is -2.28. The van der Waals surface area contributed by atoms with E-state index < -0.39 is 0 Å². The molecule has 0 aliphatic carbocycles. The predicted octanol–water partition coefficient (Wildman–Crippen LogP) is 4.15. The topological polar surface area (TPSA) is 98.7 Å². The quantitative estimate of drug-likeness (QED) is 0.406. The van der Waals surface area contributed by atoms with E-state index in [1.165, 1.54) is 11.1 Å². The number of hydrogen-bond acceptors (Lipinski definition) is 7. The van der Waals surface area contributed by atoms with Crippen LogP contribution in [0.4, 0.5) is 0 Å². The maximum absolute atomic E-state index is 13.5. The highest BCUT2D eigenvalue weighted by molar-refractivity contribution is 5.99. The molecule has 0 radical (unpaired) electrons. The van der Waals surface area contributed by atoms with Gasteiger partial charge in [-0.2, -0.15) is 10.1 Å². The molecular weight excluding hydrogens is 468 g/mol. The van der Waals surface area contributed by atoms with E-state index in [9.17, 15) is 4.79 Å². The highest BCUT2D eigenvalue weighted by Crippen LogP contribution is 2.31. The highest BCUT2D eigenvalue weighted by Gasteiger charge is 2.34. The van der Waals surface area contributed by atoms with E-state index >= 15 is 0 Å². The van der Waals surface area contributed by atoms with Crippen molar-refractivity contribution in [3.63, 3.8) is 0 Å². The van der Waals surface area contributed by atoms with Crippen molar-refractivity contribution < 1.29 is 14.1 Å². The van der Waals surface area contributed by atoms with Crippen molar-refractivity contribution in [2.75, 3.05) is 26.3 Å². The van der Waals surface area contributed by atoms with Gasteiger partial charge in [-0.25, -0.2) is 9.50 Å². The second-order valence-electron chi connectivity index (χ2n) is 10.3. The maximum Gasteiger partial charge on any atom is 0.259 e. The summed E-state index contributed by atoms with van der Waals surface area (Å²) in [5, 5.41) is 8.79. The normalized spacial score (nSPS) is 18.7. The molecule has 4 aromatic rings. The average Bonchev–Trinajstić information content (AvgIpc) is 3.67. The van der Waals surface area contributed by atoms with Crippen molar-refractivity contribution in [1.82, 2.24) is 29.6 Å². The van der Waals surface area contributed by atoms with Crippen LogP contribution >= 0.6 is 0 Å². The Morgan fingerprint density at radius 1 is 1.03 bits per heavy atom. The number of ether oxygens (including phenoxy) is 1. The van der Waals surface area contributed by atoms with E-state index in [1.807, 2.05) is 18.7 Å². The monoisotopic (exact) mass is 500 g/mol. The molecule has 37 heavy (non-hydrogen) atoms. The fourth-order valence-corrected chi connectivity index (χ4v) is 5.48. The van der Waals surface area contributed by atoms with Gasteiger partial charge in [-0.3, -0.25) is 4.79 Å². The van der Waals surface area contributed by atoms with Crippen LogP contribution in [0.1, 0.15) is 81.2 Å². The second-order valence-corrected chi connectivity index (χ2v) is 10.3. The number of benzene rings is 1. The first-order valence-corrected chi connectivity index (χ1v) is 13.1. The molecule has 5 heterocycles. The lowest BCUT2D eigenvalue weighted by atomic mass is 10.00. The Morgan fingerprint density at radius 2 is 1.81 bits per heavy atom. The zero-order valence-electron chi connectivity index (χ0n) is 21.6. The Morgan fingerprint density at radius 3 is 2.59 bits per heavy atom. The van der Waals surface area contributed by atoms with Gasteiger partial charge in [-0.15, -0.1) is 0 Å². The summed E-state index contributed by atoms with van der Waals surface area (Å²) in [5.41, 5.74) is 6.67. The molecule has 9 nitrogen and oxygen atoms in total. The summed E-state index contributed by atoms with van der Waals surface area (Å²) in [4.78, 5) is 24.9. The molecule has 1 unspecified atom stereocenters. The number of rotatable bonds is 5. The molecule has 0 N–H and O–H groups in total. The fraction of sp³-hybridized carbons (Fsp3) is 0.464. The number of carbonyl (C=O) groups is 1. The van der Waals surface area contributed by atoms with Gasteiger partial charge in [0.1, 0.15) is 5.56 Å². The van der Waals surface area contributed by atoms with Crippen molar-refractivity contribution in [3.8, 4) is 0 Å². The van der Waals surface area contributed by atoms with E-state index in [0.717, 1.165) is 61.7 Å². The highest BCUT2D eigenvalue weighted by atomic mass is 16.5. The van der Waals surface area contributed by atoms with Gasteiger partial charge < -0.3 is 14.2 Å². The zero-order valence-corrected chi connectivity index (χ0v) is 21.6. The second kappa shape index (κ2) is 9.70. The number of hydrogen-bond donors (Lipinski definition) is 0. The molecule has 0 saturated carbocycles. The minimum atomic E-state index is -0.0562. The number of fused-ring (bicyclic) bond motifs is 1. The van der Waals surface area contributed by atoms with Crippen LogP contribution in [-0.2, 0) is 11.2 Å². The third-order valence-corrected chi connectivity index (χ3v) is 7.81. The Labute approximate surface area is 215 Å². The van der Waals surface area contributed by atoms with Gasteiger partial charge in [0, 0.05) is 50.0 Å². The number of carbonyl (C=O) groups excluding carboxylic acids is 1. The lowest BCUT2D eigenvalue weighted by Gasteiger charge is -2.18. The van der Waals surface area contributed by atoms with Crippen LogP contribution in [0.2, 0.25) is 0 Å². The summed E-state index contributed by atoms with van der Waals surface area (Å²) in [6.07, 6.45) is 5.06. The van der Waals surface area contributed by atoms with Crippen LogP contribution < -0.4 is 0 Å². The third-order valence-electron chi connectivity index (χ3n) is 7.81. The van der Waals surface area contributed by atoms with Crippen LogP contribution in [0.5, 0.6) is 0 Å². The van der Waals surface area contributed by atoms with Crippen LogP contribution in [-0.4, -0.2) is 61.8 Å². The first-order valence-electron chi connectivity index (χ1n) is 13.1. The van der Waals surface area contributed by atoms with Crippen molar-refractivity contribution >= 4 is 11.6 Å². The number of likely N-dealkylation sites (tertiary alicyclic amines) is 1. The van der Waals surface area contributed by atoms with Gasteiger partial charge in [0.25, 0.3) is 5.91 Å². The van der Waals surface area contributed by atoms with Crippen LogP contribution in [0.25, 0.3) is 5.65 Å². The first-order chi connectivity index (χ1) is 18.0. The molecule has 0 bridgehead atoms. The maximum atomic E-state index is 13.5. The molecule has 6 rings (SSSR count). The minimum Gasteiger partial charge on any atom is -0.381 e. The van der Waals surface area contributed by atoms with Crippen LogP contribution in [0.3, 0.4) is 0 Å². The van der Waals surface area contributed by atoms with E-state index in [0.29, 0.717) is 30.2 Å². The molecule has 2 fully saturated rings. The molecule has 1 atom stereocenters. The average molecular weight is 501 g/mol. The molecule has 3 aromatic heterocycles. The van der Waals surface area contributed by atoms with E-state index in [2.05, 4.69) is 41.4 Å². The minimum absolute atomic E-state index is 0.0458. The Bertz CT molecular complexity index is 1430. The summed E-state index contributed by atoms with van der Waals surface area (Å²) in [5.74, 6) is 1.67. The summed E-state index contributed by atoms with van der Waals surface area (Å²) >= 11 is 0. The molecule has 0 spiro atoms. The van der Waals surface area contributed by atoms with E-state index in [-0.39, 0.29) is 17.7 Å². The van der Waals surface area contributed by atoms with Crippen molar-refractivity contribution in [3.05, 3.63) is 75.8 Å². The molecule has 9 heteroatoms. The zero-order chi connectivity index (χ0) is 25.5. The number of aromatic nitrogens is 5. The van der Waals surface area contributed by atoms with Gasteiger partial charge in [-0.05, 0) is 51.2 Å². The van der Waals surface area contributed by atoms with Crippen molar-refractivity contribution in [2.24, 2.45) is 0 Å². The largest absolute Gasteiger partial charge is 0.381 e. The SMILES string of the molecule is Cc1ccc(Cc2c(C)nc3c(C(=O)N4CCC(c5nc(C6CCOCC6)no5)C4)cnn3c2C)cc1. The molecule has 192 valence electrons. The van der Waals surface area contributed by atoms with Gasteiger partial charge in [0.05, 0.1) is 12.1 Å². The summed E-state index contributed by atoms with van der Waals surface area (Å²) in [6, 6.07) is 8.55. The van der Waals surface area contributed by atoms with Crippen LogP contribution in [0.15, 0.2) is 35.0 Å². The first kappa shape index (κ1) is 23.8. The molecule has 2 aliphatic heterocycles. The predicted molar refractivity (Wildman–Crippen MR) is 137 cm³/mol. The summed E-state index contributed by atoms with van der Waals surface area (Å²) < 4.78 is 12.9. The molecule has 1 amide bonds. The summed E-state index contributed by atoms with van der Waals surface area (Å²) in [6.45, 7) is 8.81. The number of nitrogens with zero attached hydrogens (tertiary/aromatic N) is 6. The molecule has 2 aliphatic rings. The van der Waals surface area contributed by atoms with Crippen LogP contribution in [0, 0.1) is 20.8 Å². The van der Waals surface area contributed by atoms with Gasteiger partial charge >= 0.3 is 0 Å². The third kappa shape index (κ3) is 4.52. The van der Waals surface area contributed by atoms with E-state index in [1.54, 1.807) is 10.7 Å². The lowest BCUT2D eigenvalue weighted by molar-refractivity contribution is 0.0791.